The molecule has 3 aromatic rings. The van der Waals surface area contributed by atoms with Crippen molar-refractivity contribution >= 4 is 32.4 Å². The minimum Gasteiger partial charge on any atom is -0.497 e. The van der Waals surface area contributed by atoms with Gasteiger partial charge in [0, 0.05) is 29.6 Å². The van der Waals surface area contributed by atoms with E-state index < -0.39 is 10.0 Å². The molecule has 1 amide bonds. The lowest BCUT2D eigenvalue weighted by atomic mass is 10.2. The number of nitrogens with zero attached hydrogens (tertiary/aromatic N) is 2. The van der Waals surface area contributed by atoms with E-state index >= 15 is 0 Å². The Morgan fingerprint density at radius 2 is 1.84 bits per heavy atom. The summed E-state index contributed by atoms with van der Waals surface area (Å²) in [6, 6.07) is 13.6. The Morgan fingerprint density at radius 3 is 2.55 bits per heavy atom. The van der Waals surface area contributed by atoms with Crippen molar-refractivity contribution in [1.82, 2.24) is 9.29 Å². The zero-order valence-corrected chi connectivity index (χ0v) is 18.7. The molecular formula is C22H23N3O4S2. The van der Waals surface area contributed by atoms with E-state index in [-0.39, 0.29) is 10.8 Å². The largest absolute Gasteiger partial charge is 0.497 e. The van der Waals surface area contributed by atoms with Crippen LogP contribution in [0.5, 0.6) is 5.75 Å². The molecule has 1 saturated heterocycles. The summed E-state index contributed by atoms with van der Waals surface area (Å²) >= 11 is 1.32. The molecule has 2 aromatic carbocycles. The van der Waals surface area contributed by atoms with Gasteiger partial charge in [-0.15, -0.1) is 11.3 Å². The fourth-order valence-corrected chi connectivity index (χ4v) is 5.68. The van der Waals surface area contributed by atoms with Gasteiger partial charge in [-0.2, -0.15) is 4.31 Å². The van der Waals surface area contributed by atoms with Crippen LogP contribution in [-0.4, -0.2) is 43.8 Å². The molecule has 0 saturated carbocycles. The monoisotopic (exact) mass is 457 g/mol. The minimum absolute atomic E-state index is 0.209. The number of hydrogen-bond acceptors (Lipinski definition) is 6. The summed E-state index contributed by atoms with van der Waals surface area (Å²) in [4.78, 5) is 17.3. The highest BCUT2D eigenvalue weighted by atomic mass is 32.2. The number of ether oxygens (including phenoxy) is 1. The molecule has 0 radical (unpaired) electrons. The Kier molecular flexibility index (Phi) is 6.35. The second-order valence-electron chi connectivity index (χ2n) is 7.21. The molecule has 0 bridgehead atoms. The van der Waals surface area contributed by atoms with E-state index in [1.807, 2.05) is 29.6 Å². The van der Waals surface area contributed by atoms with Crippen LogP contribution in [0.3, 0.4) is 0 Å². The van der Waals surface area contributed by atoms with Gasteiger partial charge < -0.3 is 4.74 Å². The van der Waals surface area contributed by atoms with Crippen molar-refractivity contribution in [2.45, 2.75) is 24.2 Å². The second kappa shape index (κ2) is 9.17. The van der Waals surface area contributed by atoms with Gasteiger partial charge in [0.05, 0.1) is 17.7 Å². The summed E-state index contributed by atoms with van der Waals surface area (Å²) in [5, 5.41) is 5.10. The van der Waals surface area contributed by atoms with Crippen molar-refractivity contribution in [2.24, 2.45) is 0 Å². The average Bonchev–Trinajstić information content (AvgIpc) is 3.28. The number of anilines is 1. The SMILES string of the molecule is COc1cccc(-c2csc(NC(=O)c3ccc(S(=O)(=O)N4CCCCC4)cc3)n2)c1. The number of amides is 1. The van der Waals surface area contributed by atoms with Gasteiger partial charge in [0.25, 0.3) is 5.91 Å². The molecule has 9 heteroatoms. The van der Waals surface area contributed by atoms with Crippen LogP contribution in [-0.2, 0) is 10.0 Å². The van der Waals surface area contributed by atoms with Gasteiger partial charge >= 0.3 is 0 Å². The molecule has 2 heterocycles. The van der Waals surface area contributed by atoms with Gasteiger partial charge in [-0.1, -0.05) is 18.6 Å². The van der Waals surface area contributed by atoms with E-state index in [4.69, 9.17) is 4.74 Å². The van der Waals surface area contributed by atoms with E-state index in [2.05, 4.69) is 10.3 Å². The van der Waals surface area contributed by atoms with Crippen molar-refractivity contribution in [3.63, 3.8) is 0 Å². The Labute approximate surface area is 185 Å². The third-order valence-electron chi connectivity index (χ3n) is 5.16. The van der Waals surface area contributed by atoms with E-state index in [0.29, 0.717) is 23.8 Å². The number of carbonyl (C=O) groups is 1. The number of aromatic nitrogens is 1. The number of benzene rings is 2. The third kappa shape index (κ3) is 4.79. The first-order valence-corrected chi connectivity index (χ1v) is 12.3. The maximum atomic E-state index is 12.8. The van der Waals surface area contributed by atoms with Gasteiger partial charge in [0.1, 0.15) is 5.75 Å². The van der Waals surface area contributed by atoms with Crippen molar-refractivity contribution in [1.29, 1.82) is 0 Å². The van der Waals surface area contributed by atoms with Crippen LogP contribution >= 0.6 is 11.3 Å². The zero-order valence-electron chi connectivity index (χ0n) is 17.1. The topological polar surface area (TPSA) is 88.6 Å². The maximum absolute atomic E-state index is 12.8. The third-order valence-corrected chi connectivity index (χ3v) is 7.83. The quantitative estimate of drug-likeness (QED) is 0.598. The van der Waals surface area contributed by atoms with E-state index in [0.717, 1.165) is 36.3 Å². The molecule has 1 aliphatic rings. The predicted octanol–water partition coefficient (Wildman–Crippen LogP) is 4.25. The smallest absolute Gasteiger partial charge is 0.257 e. The molecular weight excluding hydrogens is 434 g/mol. The minimum atomic E-state index is -3.52. The van der Waals surface area contributed by atoms with Crippen molar-refractivity contribution in [3.8, 4) is 17.0 Å². The number of thiazole rings is 1. The zero-order chi connectivity index (χ0) is 21.8. The van der Waals surface area contributed by atoms with Crippen LogP contribution in [0.25, 0.3) is 11.3 Å². The molecule has 0 aliphatic carbocycles. The second-order valence-corrected chi connectivity index (χ2v) is 10.0. The molecule has 1 aliphatic heterocycles. The number of carbonyl (C=O) groups excluding carboxylic acids is 1. The molecule has 1 aromatic heterocycles. The first-order valence-electron chi connectivity index (χ1n) is 9.99. The summed E-state index contributed by atoms with van der Waals surface area (Å²) in [5.41, 5.74) is 2.00. The van der Waals surface area contributed by atoms with Gasteiger partial charge in [-0.05, 0) is 49.2 Å². The summed E-state index contributed by atoms with van der Waals surface area (Å²) in [7, 11) is -1.91. The van der Waals surface area contributed by atoms with Crippen LogP contribution in [0.15, 0.2) is 58.8 Å². The van der Waals surface area contributed by atoms with E-state index in [1.54, 1.807) is 7.11 Å². The van der Waals surface area contributed by atoms with E-state index in [1.165, 1.54) is 39.9 Å². The molecule has 1 N–H and O–H groups in total. The van der Waals surface area contributed by atoms with Gasteiger partial charge in [0.15, 0.2) is 5.13 Å². The molecule has 0 atom stereocenters. The predicted molar refractivity (Wildman–Crippen MR) is 121 cm³/mol. The lowest BCUT2D eigenvalue weighted by Crippen LogP contribution is -2.35. The molecule has 7 nitrogen and oxygen atoms in total. The Balaban J connectivity index is 1.45. The number of methoxy groups -OCH3 is 1. The summed E-state index contributed by atoms with van der Waals surface area (Å²) in [6.45, 7) is 1.09. The average molecular weight is 458 g/mol. The number of piperidine rings is 1. The number of rotatable bonds is 6. The fourth-order valence-electron chi connectivity index (χ4n) is 3.45. The number of hydrogen-bond donors (Lipinski definition) is 1. The van der Waals surface area contributed by atoms with Crippen molar-refractivity contribution in [3.05, 3.63) is 59.5 Å². The lowest BCUT2D eigenvalue weighted by Gasteiger charge is -2.25. The summed E-state index contributed by atoms with van der Waals surface area (Å²) in [5.74, 6) is 0.393. The van der Waals surface area contributed by atoms with Gasteiger partial charge in [0.2, 0.25) is 10.0 Å². The van der Waals surface area contributed by atoms with Crippen LogP contribution in [0.4, 0.5) is 5.13 Å². The Hall–Kier alpha value is -2.75. The molecule has 4 rings (SSSR count). The number of nitrogens with one attached hydrogen (secondary N) is 1. The lowest BCUT2D eigenvalue weighted by molar-refractivity contribution is 0.102. The van der Waals surface area contributed by atoms with Crippen LogP contribution < -0.4 is 10.1 Å². The Bertz CT molecular complexity index is 1170. The van der Waals surface area contributed by atoms with Crippen molar-refractivity contribution in [2.75, 3.05) is 25.5 Å². The maximum Gasteiger partial charge on any atom is 0.257 e. The normalized spacial score (nSPS) is 14.9. The van der Waals surface area contributed by atoms with Crippen LogP contribution in [0.2, 0.25) is 0 Å². The molecule has 0 spiro atoms. The number of sulfonamides is 1. The molecule has 0 unspecified atom stereocenters. The van der Waals surface area contributed by atoms with E-state index in [9.17, 15) is 13.2 Å². The highest BCUT2D eigenvalue weighted by molar-refractivity contribution is 7.89. The molecule has 162 valence electrons. The Morgan fingerprint density at radius 1 is 1.10 bits per heavy atom. The van der Waals surface area contributed by atoms with Crippen LogP contribution in [0.1, 0.15) is 29.6 Å². The van der Waals surface area contributed by atoms with Crippen LogP contribution in [0, 0.1) is 0 Å². The van der Waals surface area contributed by atoms with Crippen molar-refractivity contribution < 1.29 is 17.9 Å². The molecule has 31 heavy (non-hydrogen) atoms. The van der Waals surface area contributed by atoms with Gasteiger partial charge in [-0.25, -0.2) is 13.4 Å². The fraction of sp³-hybridized carbons (Fsp3) is 0.273. The highest BCUT2D eigenvalue weighted by Crippen LogP contribution is 2.28. The van der Waals surface area contributed by atoms with Gasteiger partial charge in [-0.3, -0.25) is 10.1 Å². The first-order chi connectivity index (χ1) is 15.0. The summed E-state index contributed by atoms with van der Waals surface area (Å²) < 4.78 is 32.3. The molecule has 1 fully saturated rings. The standard InChI is InChI=1S/C22H23N3O4S2/c1-29-18-7-5-6-17(14-18)20-15-30-22(23-20)24-21(26)16-8-10-19(11-9-16)31(27,28)25-12-3-2-4-13-25/h5-11,14-15H,2-4,12-13H2,1H3,(H,23,24,26). The highest BCUT2D eigenvalue weighted by Gasteiger charge is 2.26. The first kappa shape index (κ1) is 21.5. The summed E-state index contributed by atoms with van der Waals surface area (Å²) in [6.07, 6.45) is 2.82.